The molecule has 4 aromatic rings. The summed E-state index contributed by atoms with van der Waals surface area (Å²) < 4.78 is 7.16. The standard InChI is InChI=1S/C23H21N5O2/c1-15-20-9-8-19(30-2)14-18(20)10-13-27(15)22(29)17-6-4-16(5-7-17)21-25-26-23-24-11-3-12-28(21)23/h3-9,11-12,14-15H,10,13H2,1-2H3. The first kappa shape index (κ1) is 18.3. The second-order valence-corrected chi connectivity index (χ2v) is 7.38. The smallest absolute Gasteiger partial charge is 0.255 e. The average molecular weight is 399 g/mol. The molecule has 0 saturated carbocycles. The first-order chi connectivity index (χ1) is 14.7. The fourth-order valence-electron chi connectivity index (χ4n) is 4.08. The lowest BCUT2D eigenvalue weighted by Gasteiger charge is -2.35. The minimum atomic E-state index is 0.0124. The quantitative estimate of drug-likeness (QED) is 0.527. The molecule has 7 nitrogen and oxygen atoms in total. The summed E-state index contributed by atoms with van der Waals surface area (Å²) in [6.07, 6.45) is 4.38. The van der Waals surface area contributed by atoms with Crippen LogP contribution in [0.15, 0.2) is 60.9 Å². The predicted molar refractivity (Wildman–Crippen MR) is 112 cm³/mol. The molecule has 5 rings (SSSR count). The molecule has 0 saturated heterocycles. The second-order valence-electron chi connectivity index (χ2n) is 7.38. The molecule has 1 unspecified atom stereocenters. The summed E-state index contributed by atoms with van der Waals surface area (Å²) >= 11 is 0. The molecule has 1 aliphatic rings. The Morgan fingerprint density at radius 2 is 1.97 bits per heavy atom. The van der Waals surface area contributed by atoms with Gasteiger partial charge < -0.3 is 9.64 Å². The van der Waals surface area contributed by atoms with E-state index in [1.165, 1.54) is 11.1 Å². The van der Waals surface area contributed by atoms with Crippen LogP contribution in [-0.4, -0.2) is 44.0 Å². The molecule has 0 radical (unpaired) electrons. The minimum Gasteiger partial charge on any atom is -0.497 e. The van der Waals surface area contributed by atoms with Crippen LogP contribution in [0.1, 0.15) is 34.5 Å². The van der Waals surface area contributed by atoms with Gasteiger partial charge in [0.15, 0.2) is 5.82 Å². The summed E-state index contributed by atoms with van der Waals surface area (Å²) in [5.41, 5.74) is 3.97. The SMILES string of the molecule is COc1ccc2c(c1)CCN(C(=O)c1ccc(-c3nnc4ncccn34)cc1)C2C. The van der Waals surface area contributed by atoms with Crippen molar-refractivity contribution in [2.75, 3.05) is 13.7 Å². The van der Waals surface area contributed by atoms with Gasteiger partial charge in [-0.25, -0.2) is 4.98 Å². The summed E-state index contributed by atoms with van der Waals surface area (Å²) in [7, 11) is 1.67. The van der Waals surface area contributed by atoms with Crippen molar-refractivity contribution in [3.63, 3.8) is 0 Å². The number of carbonyl (C=O) groups is 1. The number of hydrogen-bond acceptors (Lipinski definition) is 5. The lowest BCUT2D eigenvalue weighted by Crippen LogP contribution is -2.38. The Kier molecular flexibility index (Phi) is 4.43. The molecule has 3 heterocycles. The predicted octanol–water partition coefficient (Wildman–Crippen LogP) is 3.56. The van der Waals surface area contributed by atoms with Crippen LogP contribution >= 0.6 is 0 Å². The first-order valence-electron chi connectivity index (χ1n) is 9.89. The highest BCUT2D eigenvalue weighted by Crippen LogP contribution is 2.33. The number of fused-ring (bicyclic) bond motifs is 2. The lowest BCUT2D eigenvalue weighted by atomic mass is 9.92. The maximum absolute atomic E-state index is 13.2. The van der Waals surface area contributed by atoms with Crippen LogP contribution in [0, 0.1) is 0 Å². The van der Waals surface area contributed by atoms with Crippen LogP contribution in [0.2, 0.25) is 0 Å². The van der Waals surface area contributed by atoms with E-state index in [0.29, 0.717) is 23.7 Å². The number of hydrogen-bond donors (Lipinski definition) is 0. The summed E-state index contributed by atoms with van der Waals surface area (Å²) in [6.45, 7) is 2.76. The highest BCUT2D eigenvalue weighted by atomic mass is 16.5. The molecule has 0 bridgehead atoms. The normalized spacial score (nSPS) is 15.8. The summed E-state index contributed by atoms with van der Waals surface area (Å²) in [5, 5.41) is 8.31. The van der Waals surface area contributed by atoms with E-state index in [2.05, 4.69) is 34.2 Å². The monoisotopic (exact) mass is 399 g/mol. The van der Waals surface area contributed by atoms with Crippen molar-refractivity contribution in [1.82, 2.24) is 24.5 Å². The number of nitrogens with zero attached hydrogens (tertiary/aromatic N) is 5. The topological polar surface area (TPSA) is 72.6 Å². The van der Waals surface area contributed by atoms with E-state index < -0.39 is 0 Å². The van der Waals surface area contributed by atoms with Crippen LogP contribution in [0.3, 0.4) is 0 Å². The van der Waals surface area contributed by atoms with Gasteiger partial charge in [-0.15, -0.1) is 10.2 Å². The number of carbonyl (C=O) groups excluding carboxylic acids is 1. The van der Waals surface area contributed by atoms with Crippen molar-refractivity contribution in [2.24, 2.45) is 0 Å². The van der Waals surface area contributed by atoms with Gasteiger partial charge in [-0.2, -0.15) is 0 Å². The zero-order chi connectivity index (χ0) is 20.7. The summed E-state index contributed by atoms with van der Waals surface area (Å²) in [5.74, 6) is 2.13. The molecule has 30 heavy (non-hydrogen) atoms. The molecule has 0 fully saturated rings. The number of benzene rings is 2. The van der Waals surface area contributed by atoms with E-state index in [1.54, 1.807) is 13.3 Å². The highest BCUT2D eigenvalue weighted by Gasteiger charge is 2.28. The number of ether oxygens (including phenoxy) is 1. The van der Waals surface area contributed by atoms with Crippen LogP contribution in [-0.2, 0) is 6.42 Å². The van der Waals surface area contributed by atoms with E-state index in [4.69, 9.17) is 4.74 Å². The number of methoxy groups -OCH3 is 1. The summed E-state index contributed by atoms with van der Waals surface area (Å²) in [4.78, 5) is 19.3. The molecule has 1 amide bonds. The van der Waals surface area contributed by atoms with E-state index in [9.17, 15) is 4.79 Å². The van der Waals surface area contributed by atoms with Crippen molar-refractivity contribution in [1.29, 1.82) is 0 Å². The molecular weight excluding hydrogens is 378 g/mol. The number of aromatic nitrogens is 4. The van der Waals surface area contributed by atoms with Gasteiger partial charge in [0.1, 0.15) is 5.75 Å². The highest BCUT2D eigenvalue weighted by molar-refractivity contribution is 5.95. The first-order valence-corrected chi connectivity index (χ1v) is 9.89. The Bertz CT molecular complexity index is 1230. The van der Waals surface area contributed by atoms with E-state index in [-0.39, 0.29) is 11.9 Å². The maximum Gasteiger partial charge on any atom is 0.255 e. The van der Waals surface area contributed by atoms with Gasteiger partial charge in [0.05, 0.1) is 13.2 Å². The van der Waals surface area contributed by atoms with Crippen molar-refractivity contribution in [3.05, 3.63) is 77.6 Å². The van der Waals surface area contributed by atoms with E-state index >= 15 is 0 Å². The van der Waals surface area contributed by atoms with Gasteiger partial charge in [0.2, 0.25) is 0 Å². The molecule has 7 heteroatoms. The van der Waals surface area contributed by atoms with Crippen molar-refractivity contribution < 1.29 is 9.53 Å². The van der Waals surface area contributed by atoms with Crippen molar-refractivity contribution >= 4 is 11.7 Å². The van der Waals surface area contributed by atoms with Crippen molar-refractivity contribution in [2.45, 2.75) is 19.4 Å². The third kappa shape index (κ3) is 2.99. The van der Waals surface area contributed by atoms with Gasteiger partial charge in [-0.05, 0) is 54.8 Å². The van der Waals surface area contributed by atoms with Gasteiger partial charge in [0, 0.05) is 30.1 Å². The van der Waals surface area contributed by atoms with E-state index in [1.807, 2.05) is 51.9 Å². The van der Waals surface area contributed by atoms with Gasteiger partial charge in [-0.3, -0.25) is 9.20 Å². The average Bonchev–Trinajstić information content (AvgIpc) is 3.23. The Labute approximate surface area is 174 Å². The van der Waals surface area contributed by atoms with Crippen LogP contribution in [0.4, 0.5) is 0 Å². The molecule has 1 aliphatic heterocycles. The third-order valence-electron chi connectivity index (χ3n) is 5.73. The zero-order valence-electron chi connectivity index (χ0n) is 16.8. The summed E-state index contributed by atoms with van der Waals surface area (Å²) in [6, 6.07) is 15.5. The maximum atomic E-state index is 13.2. The molecule has 1 atom stereocenters. The fourth-order valence-corrected chi connectivity index (χ4v) is 4.08. The minimum absolute atomic E-state index is 0.0124. The van der Waals surface area contributed by atoms with Gasteiger partial charge >= 0.3 is 0 Å². The Morgan fingerprint density at radius 3 is 2.77 bits per heavy atom. The van der Waals surface area contributed by atoms with Gasteiger partial charge in [-0.1, -0.05) is 18.2 Å². The lowest BCUT2D eigenvalue weighted by molar-refractivity contribution is 0.0677. The molecule has 0 aliphatic carbocycles. The molecule has 0 spiro atoms. The van der Waals surface area contributed by atoms with Crippen LogP contribution < -0.4 is 4.74 Å². The zero-order valence-corrected chi connectivity index (χ0v) is 16.8. The largest absolute Gasteiger partial charge is 0.497 e. The van der Waals surface area contributed by atoms with Crippen LogP contribution in [0.5, 0.6) is 5.75 Å². The number of amides is 1. The fraction of sp³-hybridized carbons (Fsp3) is 0.217. The third-order valence-corrected chi connectivity index (χ3v) is 5.73. The van der Waals surface area contributed by atoms with Crippen molar-refractivity contribution in [3.8, 4) is 17.1 Å². The van der Waals surface area contributed by atoms with Crippen LogP contribution in [0.25, 0.3) is 17.2 Å². The van der Waals surface area contributed by atoms with Gasteiger partial charge in [0.25, 0.3) is 11.7 Å². The molecule has 150 valence electrons. The molecular formula is C23H21N5O2. The Balaban J connectivity index is 1.40. The Morgan fingerprint density at radius 1 is 1.13 bits per heavy atom. The molecule has 2 aromatic carbocycles. The molecule has 0 N–H and O–H groups in total. The van der Waals surface area contributed by atoms with E-state index in [0.717, 1.165) is 17.7 Å². The second kappa shape index (κ2) is 7.26. The Hall–Kier alpha value is -3.74. The molecule has 2 aromatic heterocycles. The number of rotatable bonds is 3.